The molecule has 0 unspecified atom stereocenters. The summed E-state index contributed by atoms with van der Waals surface area (Å²) < 4.78 is 67.1. The molecule has 0 saturated heterocycles. The maximum absolute atomic E-state index is 13.6. The molecule has 0 amide bonds. The fraction of sp³-hybridized carbons (Fsp3) is 0.167. The fourth-order valence-corrected chi connectivity index (χ4v) is 2.72. The van der Waals surface area contributed by atoms with E-state index in [1.807, 2.05) is 0 Å². The molecule has 0 bridgehead atoms. The molecule has 1 aromatic carbocycles. The van der Waals surface area contributed by atoms with Gasteiger partial charge in [0.1, 0.15) is 0 Å². The first-order valence-electron chi connectivity index (χ1n) is 5.81. The minimum Gasteiger partial charge on any atom is -0.432 e. The molecule has 0 aliphatic rings. The molecule has 0 atom stereocenters. The van der Waals surface area contributed by atoms with E-state index in [1.54, 1.807) is 0 Å². The van der Waals surface area contributed by atoms with E-state index in [-0.39, 0.29) is 5.82 Å². The zero-order valence-electron chi connectivity index (χ0n) is 11.1. The van der Waals surface area contributed by atoms with Crippen molar-refractivity contribution in [3.8, 4) is 5.75 Å². The summed E-state index contributed by atoms with van der Waals surface area (Å²) in [5, 5.41) is 0. The molecular weight excluding hydrogens is 323 g/mol. The quantitative estimate of drug-likeness (QED) is 0.837. The summed E-state index contributed by atoms with van der Waals surface area (Å²) in [6.07, 6.45) is 3.86. The number of sulfonamides is 1. The Morgan fingerprint density at radius 1 is 1.27 bits per heavy atom. The van der Waals surface area contributed by atoms with E-state index in [0.717, 1.165) is 16.4 Å². The highest BCUT2D eigenvalue weighted by atomic mass is 32.2. The molecule has 0 fully saturated rings. The molecule has 2 aromatic rings. The predicted octanol–water partition coefficient (Wildman–Crippen LogP) is 2.04. The summed E-state index contributed by atoms with van der Waals surface area (Å²) in [5.41, 5.74) is 0. The Bertz CT molecular complexity index is 757. The minimum atomic E-state index is -4.11. The second-order valence-electron chi connectivity index (χ2n) is 4.01. The number of benzene rings is 1. The first kappa shape index (κ1) is 16.0. The lowest BCUT2D eigenvalue weighted by atomic mass is 10.3. The zero-order valence-corrected chi connectivity index (χ0v) is 12.0. The minimum absolute atomic E-state index is 0.0239. The third-order valence-corrected chi connectivity index (χ3v) is 4.41. The van der Waals surface area contributed by atoms with Crippen LogP contribution in [0.25, 0.3) is 0 Å². The number of halogens is 3. The molecule has 2 rings (SSSR count). The van der Waals surface area contributed by atoms with Gasteiger partial charge in [-0.2, -0.15) is 8.78 Å². The monoisotopic (exact) mass is 333 g/mol. The molecule has 0 spiro atoms. The first-order valence-corrected chi connectivity index (χ1v) is 7.25. The average Bonchev–Trinajstić information content (AvgIpc) is 2.49. The summed E-state index contributed by atoms with van der Waals surface area (Å²) in [5.74, 6) is -1.93. The maximum atomic E-state index is 13.6. The van der Waals surface area contributed by atoms with Gasteiger partial charge in [-0.25, -0.2) is 17.8 Å². The van der Waals surface area contributed by atoms with E-state index < -0.39 is 33.1 Å². The average molecular weight is 333 g/mol. The van der Waals surface area contributed by atoms with Crippen molar-refractivity contribution in [1.29, 1.82) is 0 Å². The van der Waals surface area contributed by atoms with Crippen LogP contribution in [0.4, 0.5) is 19.0 Å². The third kappa shape index (κ3) is 3.27. The van der Waals surface area contributed by atoms with Gasteiger partial charge in [-0.05, 0) is 18.2 Å². The highest BCUT2D eigenvalue weighted by Crippen LogP contribution is 2.25. The van der Waals surface area contributed by atoms with Gasteiger partial charge < -0.3 is 4.74 Å². The van der Waals surface area contributed by atoms with Crippen molar-refractivity contribution in [2.75, 3.05) is 11.4 Å². The van der Waals surface area contributed by atoms with Crippen LogP contribution in [-0.2, 0) is 10.0 Å². The van der Waals surface area contributed by atoms with Crippen LogP contribution in [0.1, 0.15) is 0 Å². The molecule has 0 aliphatic carbocycles. The Hall–Kier alpha value is -2.36. The van der Waals surface area contributed by atoms with Crippen LogP contribution in [-0.4, -0.2) is 32.0 Å². The van der Waals surface area contributed by atoms with E-state index in [0.29, 0.717) is 6.07 Å². The summed E-state index contributed by atoms with van der Waals surface area (Å²) in [4.78, 5) is 7.12. The van der Waals surface area contributed by atoms with Gasteiger partial charge in [0.2, 0.25) is 0 Å². The predicted molar refractivity (Wildman–Crippen MR) is 70.7 cm³/mol. The first-order chi connectivity index (χ1) is 10.3. The standard InChI is InChI=1S/C12H10F3N3O3S/c1-18(11-7-16-4-5-17-11)22(19,20)8-2-3-10(9(13)6-8)21-12(14)15/h2-7,12H,1H3. The molecule has 118 valence electrons. The highest BCUT2D eigenvalue weighted by Gasteiger charge is 2.24. The number of hydrogen-bond donors (Lipinski definition) is 0. The molecule has 22 heavy (non-hydrogen) atoms. The van der Waals surface area contributed by atoms with E-state index in [9.17, 15) is 21.6 Å². The second-order valence-corrected chi connectivity index (χ2v) is 5.98. The fourth-order valence-electron chi connectivity index (χ4n) is 1.57. The lowest BCUT2D eigenvalue weighted by Crippen LogP contribution is -2.27. The van der Waals surface area contributed by atoms with Crippen LogP contribution in [0, 0.1) is 5.82 Å². The van der Waals surface area contributed by atoms with Crippen LogP contribution in [0.15, 0.2) is 41.7 Å². The van der Waals surface area contributed by atoms with Crippen LogP contribution >= 0.6 is 0 Å². The molecule has 1 aromatic heterocycles. The number of hydrogen-bond acceptors (Lipinski definition) is 5. The van der Waals surface area contributed by atoms with Gasteiger partial charge in [0.15, 0.2) is 17.4 Å². The van der Waals surface area contributed by atoms with E-state index in [4.69, 9.17) is 0 Å². The van der Waals surface area contributed by atoms with Gasteiger partial charge in [0.25, 0.3) is 10.0 Å². The number of nitrogens with zero attached hydrogens (tertiary/aromatic N) is 3. The molecule has 0 saturated carbocycles. The van der Waals surface area contributed by atoms with Crippen molar-refractivity contribution in [2.45, 2.75) is 11.5 Å². The number of rotatable bonds is 5. The highest BCUT2D eigenvalue weighted by molar-refractivity contribution is 7.92. The van der Waals surface area contributed by atoms with E-state index in [2.05, 4.69) is 14.7 Å². The number of ether oxygens (including phenoxy) is 1. The lowest BCUT2D eigenvalue weighted by Gasteiger charge is -2.18. The summed E-state index contributed by atoms with van der Waals surface area (Å²) >= 11 is 0. The summed E-state index contributed by atoms with van der Waals surface area (Å²) in [7, 11) is -2.90. The van der Waals surface area contributed by atoms with E-state index >= 15 is 0 Å². The Morgan fingerprint density at radius 3 is 2.55 bits per heavy atom. The molecule has 0 N–H and O–H groups in total. The van der Waals surface area contributed by atoms with Crippen LogP contribution in [0.3, 0.4) is 0 Å². The van der Waals surface area contributed by atoms with Crippen molar-refractivity contribution >= 4 is 15.8 Å². The Morgan fingerprint density at radius 2 is 2.00 bits per heavy atom. The Kier molecular flexibility index (Phi) is 4.50. The summed E-state index contributed by atoms with van der Waals surface area (Å²) in [6.45, 7) is -3.21. The second kappa shape index (κ2) is 6.18. The van der Waals surface area contributed by atoms with Gasteiger partial charge >= 0.3 is 6.61 Å². The lowest BCUT2D eigenvalue weighted by molar-refractivity contribution is -0.0522. The van der Waals surface area contributed by atoms with Crippen molar-refractivity contribution in [3.63, 3.8) is 0 Å². The van der Waals surface area contributed by atoms with Crippen LogP contribution < -0.4 is 9.04 Å². The molecule has 1 heterocycles. The number of anilines is 1. The van der Waals surface area contributed by atoms with Gasteiger partial charge in [0, 0.05) is 19.4 Å². The molecular formula is C12H10F3N3O3S. The third-order valence-electron chi connectivity index (χ3n) is 2.65. The summed E-state index contributed by atoms with van der Waals surface area (Å²) in [6, 6.07) is 2.38. The van der Waals surface area contributed by atoms with Crippen LogP contribution in [0.2, 0.25) is 0 Å². The van der Waals surface area contributed by atoms with Crippen molar-refractivity contribution in [2.24, 2.45) is 0 Å². The van der Waals surface area contributed by atoms with E-state index in [1.165, 1.54) is 25.6 Å². The SMILES string of the molecule is CN(c1cnccn1)S(=O)(=O)c1ccc(OC(F)F)c(F)c1. The molecule has 0 aliphatic heterocycles. The van der Waals surface area contributed by atoms with Crippen LogP contribution in [0.5, 0.6) is 5.75 Å². The topological polar surface area (TPSA) is 72.4 Å². The maximum Gasteiger partial charge on any atom is 0.387 e. The largest absolute Gasteiger partial charge is 0.432 e. The van der Waals surface area contributed by atoms with Gasteiger partial charge in [-0.3, -0.25) is 9.29 Å². The zero-order chi connectivity index (χ0) is 16.3. The van der Waals surface area contributed by atoms with Crippen molar-refractivity contribution < 1.29 is 26.3 Å². The van der Waals surface area contributed by atoms with Crippen molar-refractivity contribution in [1.82, 2.24) is 9.97 Å². The van der Waals surface area contributed by atoms with Gasteiger partial charge in [-0.15, -0.1) is 0 Å². The van der Waals surface area contributed by atoms with Gasteiger partial charge in [0.05, 0.1) is 11.1 Å². The smallest absolute Gasteiger partial charge is 0.387 e. The van der Waals surface area contributed by atoms with Gasteiger partial charge in [-0.1, -0.05) is 0 Å². The van der Waals surface area contributed by atoms with Crippen molar-refractivity contribution in [3.05, 3.63) is 42.6 Å². The molecule has 0 radical (unpaired) electrons. The molecule has 6 nitrogen and oxygen atoms in total. The number of aromatic nitrogens is 2. The molecule has 10 heteroatoms. The normalized spacial score (nSPS) is 11.5. The Balaban J connectivity index is 2.36. The Labute approximate surface area is 124 Å². The number of alkyl halides is 2.